The van der Waals surface area contributed by atoms with E-state index in [2.05, 4.69) is 0 Å². The molecule has 0 aromatic rings. The van der Waals surface area contributed by atoms with Crippen LogP contribution >= 0.6 is 23.2 Å². The van der Waals surface area contributed by atoms with Crippen molar-refractivity contribution in [2.45, 2.75) is 43.7 Å². The highest BCUT2D eigenvalue weighted by atomic mass is 35.5. The number of hydrogen-bond acceptors (Lipinski definition) is 2. The Morgan fingerprint density at radius 2 is 2.00 bits per heavy atom. The van der Waals surface area contributed by atoms with Gasteiger partial charge in [0.1, 0.15) is 4.49 Å². The van der Waals surface area contributed by atoms with Crippen molar-refractivity contribution in [2.24, 2.45) is 5.73 Å². The fourth-order valence-corrected chi connectivity index (χ4v) is 1.82. The normalized spacial score (nSPS) is 34.3. The Kier molecular flexibility index (Phi) is 4.05. The van der Waals surface area contributed by atoms with Gasteiger partial charge in [-0.1, -0.05) is 29.3 Å². The molecule has 0 aromatic heterocycles. The van der Waals surface area contributed by atoms with E-state index in [-0.39, 0.29) is 16.1 Å². The van der Waals surface area contributed by atoms with Crippen LogP contribution in [0.4, 0.5) is 0 Å². The summed E-state index contributed by atoms with van der Waals surface area (Å²) in [5, 5.41) is 9.30. The molecule has 0 saturated heterocycles. The van der Waals surface area contributed by atoms with Crippen LogP contribution in [0.25, 0.3) is 0 Å². The maximum atomic E-state index is 9.30. The lowest BCUT2D eigenvalue weighted by Crippen LogP contribution is -2.43. The van der Waals surface area contributed by atoms with Crippen molar-refractivity contribution in [1.29, 1.82) is 0 Å². The Morgan fingerprint density at radius 1 is 1.46 bits per heavy atom. The van der Waals surface area contributed by atoms with Gasteiger partial charge in [-0.15, -0.1) is 0 Å². The third kappa shape index (κ3) is 3.86. The molecule has 0 heterocycles. The molecule has 1 aliphatic rings. The largest absolute Gasteiger partial charge is 0.393 e. The summed E-state index contributed by atoms with van der Waals surface area (Å²) in [5.74, 6) is 0. The van der Waals surface area contributed by atoms with Gasteiger partial charge in [0.25, 0.3) is 0 Å². The minimum atomic E-state index is -0.214. The molecule has 1 fully saturated rings. The molecule has 76 valence electrons. The smallest absolute Gasteiger partial charge is 0.102 e. The molecule has 0 amide bonds. The van der Waals surface area contributed by atoms with Crippen molar-refractivity contribution in [2.75, 3.05) is 0 Å². The second-order valence-corrected chi connectivity index (χ2v) is 4.80. The van der Waals surface area contributed by atoms with Crippen LogP contribution in [0.15, 0.2) is 10.6 Å². The molecule has 1 rings (SSSR count). The van der Waals surface area contributed by atoms with Gasteiger partial charge < -0.3 is 10.8 Å². The van der Waals surface area contributed by atoms with Gasteiger partial charge in [0.05, 0.1) is 6.10 Å². The van der Waals surface area contributed by atoms with Crippen LogP contribution in [0, 0.1) is 0 Å². The molecule has 2 nitrogen and oxygen atoms in total. The van der Waals surface area contributed by atoms with E-state index in [4.69, 9.17) is 28.9 Å². The summed E-state index contributed by atoms with van der Waals surface area (Å²) < 4.78 is 0.274. The summed E-state index contributed by atoms with van der Waals surface area (Å²) in [6.07, 6.45) is 5.50. The van der Waals surface area contributed by atoms with Crippen LogP contribution in [-0.2, 0) is 0 Å². The van der Waals surface area contributed by atoms with Crippen molar-refractivity contribution < 1.29 is 5.11 Å². The van der Waals surface area contributed by atoms with Gasteiger partial charge in [0.15, 0.2) is 0 Å². The van der Waals surface area contributed by atoms with Gasteiger partial charge >= 0.3 is 0 Å². The topological polar surface area (TPSA) is 46.2 Å². The van der Waals surface area contributed by atoms with Crippen LogP contribution in [-0.4, -0.2) is 16.7 Å². The number of aliphatic hydroxyl groups excluding tert-OH is 1. The first-order valence-corrected chi connectivity index (χ1v) is 5.25. The first-order valence-electron chi connectivity index (χ1n) is 4.50. The predicted molar refractivity (Wildman–Crippen MR) is 55.8 cm³/mol. The van der Waals surface area contributed by atoms with Crippen LogP contribution in [0.3, 0.4) is 0 Å². The number of aliphatic hydroxyl groups is 1. The molecule has 0 unspecified atom stereocenters. The second-order valence-electron chi connectivity index (χ2n) is 3.79. The Balaban J connectivity index is 2.43. The molecular formula is C9H15Cl2NO. The number of rotatable bonds is 2. The predicted octanol–water partition coefficient (Wildman–Crippen LogP) is 2.33. The lowest BCUT2D eigenvalue weighted by atomic mass is 9.79. The minimum absolute atomic E-state index is 0.174. The van der Waals surface area contributed by atoms with Gasteiger partial charge in [-0.3, -0.25) is 0 Å². The molecule has 0 radical (unpaired) electrons. The van der Waals surface area contributed by atoms with Crippen molar-refractivity contribution in [1.82, 2.24) is 0 Å². The van der Waals surface area contributed by atoms with E-state index < -0.39 is 0 Å². The third-order valence-corrected chi connectivity index (χ3v) is 2.92. The Morgan fingerprint density at radius 3 is 2.46 bits per heavy atom. The van der Waals surface area contributed by atoms with Crippen LogP contribution in [0.5, 0.6) is 0 Å². The van der Waals surface area contributed by atoms with Crippen molar-refractivity contribution >= 4 is 23.2 Å². The van der Waals surface area contributed by atoms with Gasteiger partial charge in [-0.2, -0.15) is 0 Å². The van der Waals surface area contributed by atoms with Crippen LogP contribution in [0.2, 0.25) is 0 Å². The first kappa shape index (κ1) is 11.3. The minimum Gasteiger partial charge on any atom is -0.393 e. The maximum Gasteiger partial charge on any atom is 0.102 e. The van der Waals surface area contributed by atoms with E-state index in [1.54, 1.807) is 6.08 Å². The van der Waals surface area contributed by atoms with Gasteiger partial charge in [-0.25, -0.2) is 0 Å². The molecule has 13 heavy (non-hydrogen) atoms. The quantitative estimate of drug-likeness (QED) is 0.756. The summed E-state index contributed by atoms with van der Waals surface area (Å²) in [6, 6.07) is 0. The molecule has 3 N–H and O–H groups in total. The number of halogens is 2. The van der Waals surface area contributed by atoms with Gasteiger partial charge in [0.2, 0.25) is 0 Å². The fourth-order valence-electron chi connectivity index (χ4n) is 1.66. The lowest BCUT2D eigenvalue weighted by molar-refractivity contribution is 0.0981. The molecule has 0 atom stereocenters. The monoisotopic (exact) mass is 223 g/mol. The molecule has 0 spiro atoms. The molecule has 0 aliphatic heterocycles. The van der Waals surface area contributed by atoms with Crippen LogP contribution < -0.4 is 5.73 Å². The van der Waals surface area contributed by atoms with E-state index in [1.165, 1.54) is 0 Å². The standard InChI is InChI=1S/C9H15Cl2NO/c10-8(11)3-6-9(12)4-1-7(13)2-5-9/h3,7,13H,1-2,4-6,12H2. The summed E-state index contributed by atoms with van der Waals surface area (Å²) >= 11 is 11.0. The highest BCUT2D eigenvalue weighted by Gasteiger charge is 2.29. The highest BCUT2D eigenvalue weighted by Crippen LogP contribution is 2.30. The number of nitrogens with two attached hydrogens (primary N) is 1. The average Bonchev–Trinajstić information content (AvgIpc) is 2.08. The Labute approximate surface area is 88.7 Å². The third-order valence-electron chi connectivity index (χ3n) is 2.61. The Hall–Kier alpha value is 0.240. The zero-order chi connectivity index (χ0) is 9.90. The molecule has 0 aromatic carbocycles. The van der Waals surface area contributed by atoms with E-state index >= 15 is 0 Å². The maximum absolute atomic E-state index is 9.30. The average molecular weight is 224 g/mol. The van der Waals surface area contributed by atoms with Gasteiger partial charge in [-0.05, 0) is 32.1 Å². The van der Waals surface area contributed by atoms with E-state index in [0.717, 1.165) is 25.7 Å². The molecule has 4 heteroatoms. The van der Waals surface area contributed by atoms with E-state index in [9.17, 15) is 5.11 Å². The van der Waals surface area contributed by atoms with E-state index in [0.29, 0.717) is 6.42 Å². The van der Waals surface area contributed by atoms with Crippen molar-refractivity contribution in [3.05, 3.63) is 10.6 Å². The summed E-state index contributed by atoms with van der Waals surface area (Å²) in [4.78, 5) is 0. The zero-order valence-electron chi connectivity index (χ0n) is 7.47. The lowest BCUT2D eigenvalue weighted by Gasteiger charge is -2.34. The summed E-state index contributed by atoms with van der Waals surface area (Å²) in [7, 11) is 0. The molecule has 1 saturated carbocycles. The summed E-state index contributed by atoms with van der Waals surface area (Å²) in [5.41, 5.74) is 5.88. The second kappa shape index (κ2) is 4.65. The SMILES string of the molecule is NC1(CC=C(Cl)Cl)CCC(O)CC1. The molecule has 1 aliphatic carbocycles. The first-order chi connectivity index (χ1) is 6.02. The van der Waals surface area contributed by atoms with Crippen molar-refractivity contribution in [3.63, 3.8) is 0 Å². The highest BCUT2D eigenvalue weighted by molar-refractivity contribution is 6.55. The Bertz CT molecular complexity index is 194. The number of hydrogen-bond donors (Lipinski definition) is 2. The molecule has 0 bridgehead atoms. The van der Waals surface area contributed by atoms with Crippen LogP contribution in [0.1, 0.15) is 32.1 Å². The molecular weight excluding hydrogens is 209 g/mol. The fraction of sp³-hybridized carbons (Fsp3) is 0.778. The van der Waals surface area contributed by atoms with E-state index in [1.807, 2.05) is 0 Å². The zero-order valence-corrected chi connectivity index (χ0v) is 8.98. The van der Waals surface area contributed by atoms with Gasteiger partial charge in [0, 0.05) is 5.54 Å². The van der Waals surface area contributed by atoms with Crippen molar-refractivity contribution in [3.8, 4) is 0 Å². The summed E-state index contributed by atoms with van der Waals surface area (Å²) in [6.45, 7) is 0.